The van der Waals surface area contributed by atoms with E-state index in [9.17, 15) is 9.18 Å². The Morgan fingerprint density at radius 2 is 1.90 bits per heavy atom. The average molecular weight is 433 g/mol. The molecule has 0 unspecified atom stereocenters. The second kappa shape index (κ2) is 9.25. The van der Waals surface area contributed by atoms with Gasteiger partial charge in [0, 0.05) is 18.1 Å². The van der Waals surface area contributed by atoms with E-state index in [0.717, 1.165) is 5.56 Å². The smallest absolute Gasteiger partial charge is 0.228 e. The lowest BCUT2D eigenvalue weighted by atomic mass is 10.0. The lowest BCUT2D eigenvalue weighted by molar-refractivity contribution is -0.115. The number of halogens is 3. The lowest BCUT2D eigenvalue weighted by Gasteiger charge is -2.14. The number of ether oxygens (including phenoxy) is 1. The molecular weight excluding hydrogens is 414 g/mol. The van der Waals surface area contributed by atoms with Gasteiger partial charge in [-0.3, -0.25) is 9.78 Å². The number of anilines is 1. The van der Waals surface area contributed by atoms with E-state index >= 15 is 0 Å². The van der Waals surface area contributed by atoms with Gasteiger partial charge in [0.15, 0.2) is 5.75 Å². The Kier molecular flexibility index (Phi) is 6.72. The topological polar surface area (TPSA) is 51.2 Å². The first-order valence-electron chi connectivity index (χ1n) is 8.98. The average Bonchev–Trinajstić information content (AvgIpc) is 2.66. The van der Waals surface area contributed by atoms with Crippen LogP contribution >= 0.6 is 23.2 Å². The van der Waals surface area contributed by atoms with Crippen LogP contribution in [0.2, 0.25) is 10.0 Å². The van der Waals surface area contributed by atoms with Crippen LogP contribution in [0.4, 0.5) is 10.1 Å². The maximum Gasteiger partial charge on any atom is 0.228 e. The predicted octanol–water partition coefficient (Wildman–Crippen LogP) is 6.62. The maximum absolute atomic E-state index is 13.9. The van der Waals surface area contributed by atoms with Crippen molar-refractivity contribution < 1.29 is 13.9 Å². The highest BCUT2D eigenvalue weighted by atomic mass is 35.5. The molecule has 3 aromatic rings. The predicted molar refractivity (Wildman–Crippen MR) is 114 cm³/mol. The molecule has 2 aromatic carbocycles. The highest BCUT2D eigenvalue weighted by Gasteiger charge is 2.15. The Hall–Kier alpha value is -2.63. The fourth-order valence-electron chi connectivity index (χ4n) is 2.77. The van der Waals surface area contributed by atoms with E-state index in [0.29, 0.717) is 17.0 Å². The Labute approximate surface area is 178 Å². The zero-order valence-electron chi connectivity index (χ0n) is 15.9. The van der Waals surface area contributed by atoms with Gasteiger partial charge in [-0.1, -0.05) is 43.1 Å². The molecule has 1 N–H and O–H groups in total. The largest absolute Gasteiger partial charge is 0.454 e. The molecule has 150 valence electrons. The first kappa shape index (κ1) is 21.1. The SMILES string of the molecule is CC(C)c1cc(Oc2c(Cl)cc(NC(=O)Cc3cccnc3)cc2Cl)ccc1F. The van der Waals surface area contributed by atoms with E-state index < -0.39 is 0 Å². The highest BCUT2D eigenvalue weighted by molar-refractivity contribution is 6.37. The van der Waals surface area contributed by atoms with E-state index in [2.05, 4.69) is 10.3 Å². The van der Waals surface area contributed by atoms with Crippen molar-refractivity contribution in [2.24, 2.45) is 0 Å². The Balaban J connectivity index is 1.76. The standard InChI is InChI=1S/C22H19Cl2FN2O2/c1-13(2)17-11-16(5-6-20(17)25)29-22-18(23)9-15(10-19(22)24)27-21(28)8-14-4-3-7-26-12-14/h3-7,9-13H,8H2,1-2H3,(H,27,28). The van der Waals surface area contributed by atoms with Crippen LogP contribution in [-0.4, -0.2) is 10.9 Å². The summed E-state index contributed by atoms with van der Waals surface area (Å²) in [4.78, 5) is 16.2. The van der Waals surface area contributed by atoms with Crippen LogP contribution in [0, 0.1) is 5.82 Å². The van der Waals surface area contributed by atoms with Crippen LogP contribution in [0.1, 0.15) is 30.9 Å². The summed E-state index contributed by atoms with van der Waals surface area (Å²) in [5, 5.41) is 3.21. The minimum atomic E-state index is -0.295. The molecule has 0 atom stereocenters. The summed E-state index contributed by atoms with van der Waals surface area (Å²) < 4.78 is 19.7. The molecule has 29 heavy (non-hydrogen) atoms. The van der Waals surface area contributed by atoms with Crippen LogP contribution in [0.3, 0.4) is 0 Å². The Bertz CT molecular complexity index is 1000. The number of hydrogen-bond donors (Lipinski definition) is 1. The summed E-state index contributed by atoms with van der Waals surface area (Å²) in [6, 6.07) is 11.2. The van der Waals surface area contributed by atoms with Crippen LogP contribution < -0.4 is 10.1 Å². The van der Waals surface area contributed by atoms with Gasteiger partial charge >= 0.3 is 0 Å². The zero-order valence-corrected chi connectivity index (χ0v) is 17.4. The molecule has 0 aliphatic carbocycles. The third-order valence-corrected chi connectivity index (χ3v) is 4.74. The number of amides is 1. The van der Waals surface area contributed by atoms with Gasteiger partial charge in [-0.15, -0.1) is 0 Å². The van der Waals surface area contributed by atoms with Gasteiger partial charge in [0.05, 0.1) is 16.5 Å². The van der Waals surface area contributed by atoms with Gasteiger partial charge in [-0.05, 0) is 53.4 Å². The number of carbonyl (C=O) groups is 1. The van der Waals surface area contributed by atoms with E-state index in [1.54, 1.807) is 36.7 Å². The zero-order chi connectivity index (χ0) is 21.0. The molecular formula is C22H19Cl2FN2O2. The van der Waals surface area contributed by atoms with E-state index in [1.165, 1.54) is 12.1 Å². The van der Waals surface area contributed by atoms with Gasteiger partial charge in [0.2, 0.25) is 5.91 Å². The summed E-state index contributed by atoms with van der Waals surface area (Å²) >= 11 is 12.6. The lowest BCUT2D eigenvalue weighted by Crippen LogP contribution is -2.14. The third kappa shape index (κ3) is 5.46. The molecule has 0 saturated heterocycles. The fourth-order valence-corrected chi connectivity index (χ4v) is 3.33. The fraction of sp³-hybridized carbons (Fsp3) is 0.182. The third-order valence-electron chi connectivity index (χ3n) is 4.18. The molecule has 3 rings (SSSR count). The molecule has 0 saturated carbocycles. The van der Waals surface area contributed by atoms with Gasteiger partial charge in [-0.25, -0.2) is 4.39 Å². The number of aromatic nitrogens is 1. The van der Waals surface area contributed by atoms with Crippen LogP contribution in [-0.2, 0) is 11.2 Å². The van der Waals surface area contributed by atoms with E-state index in [4.69, 9.17) is 27.9 Å². The molecule has 0 aliphatic rings. The van der Waals surface area contributed by atoms with Crippen molar-refractivity contribution in [1.82, 2.24) is 4.98 Å². The molecule has 0 fully saturated rings. The minimum absolute atomic E-state index is 0.00176. The van der Waals surface area contributed by atoms with Crippen LogP contribution in [0.5, 0.6) is 11.5 Å². The van der Waals surface area contributed by atoms with Crippen molar-refractivity contribution in [2.75, 3.05) is 5.32 Å². The van der Waals surface area contributed by atoms with Crippen molar-refractivity contribution in [3.63, 3.8) is 0 Å². The molecule has 0 aliphatic heterocycles. The number of benzene rings is 2. The molecule has 0 radical (unpaired) electrons. The number of hydrogen-bond acceptors (Lipinski definition) is 3. The molecule has 1 aromatic heterocycles. The summed E-state index contributed by atoms with van der Waals surface area (Å²) in [6.07, 6.45) is 3.45. The van der Waals surface area contributed by atoms with Crippen molar-refractivity contribution in [2.45, 2.75) is 26.2 Å². The maximum atomic E-state index is 13.9. The number of pyridine rings is 1. The first-order chi connectivity index (χ1) is 13.8. The second-order valence-electron chi connectivity index (χ2n) is 6.80. The highest BCUT2D eigenvalue weighted by Crippen LogP contribution is 2.39. The Morgan fingerprint density at radius 1 is 1.17 bits per heavy atom. The Morgan fingerprint density at radius 3 is 2.52 bits per heavy atom. The van der Waals surface area contributed by atoms with Crippen LogP contribution in [0.25, 0.3) is 0 Å². The molecule has 0 spiro atoms. The number of nitrogens with one attached hydrogen (secondary N) is 1. The van der Waals surface area contributed by atoms with Crippen molar-refractivity contribution in [3.8, 4) is 11.5 Å². The quantitative estimate of drug-likeness (QED) is 0.475. The summed E-state index contributed by atoms with van der Waals surface area (Å²) in [7, 11) is 0. The van der Waals surface area contributed by atoms with Gasteiger partial charge in [0.25, 0.3) is 0 Å². The van der Waals surface area contributed by atoms with Crippen LogP contribution in [0.15, 0.2) is 54.9 Å². The monoisotopic (exact) mass is 432 g/mol. The molecule has 1 amide bonds. The van der Waals surface area contributed by atoms with Crippen molar-refractivity contribution >= 4 is 34.8 Å². The first-order valence-corrected chi connectivity index (χ1v) is 9.74. The normalized spacial score (nSPS) is 10.8. The summed E-state index contributed by atoms with van der Waals surface area (Å²) in [5.41, 5.74) is 1.77. The summed E-state index contributed by atoms with van der Waals surface area (Å²) in [5.74, 6) is 0.143. The molecule has 1 heterocycles. The van der Waals surface area contributed by atoms with E-state index in [1.807, 2.05) is 19.9 Å². The van der Waals surface area contributed by atoms with Gasteiger partial charge in [0.1, 0.15) is 11.6 Å². The van der Waals surface area contributed by atoms with Gasteiger partial charge < -0.3 is 10.1 Å². The van der Waals surface area contributed by atoms with E-state index in [-0.39, 0.29) is 39.9 Å². The molecule has 4 nitrogen and oxygen atoms in total. The molecule has 0 bridgehead atoms. The second-order valence-corrected chi connectivity index (χ2v) is 7.61. The summed E-state index contributed by atoms with van der Waals surface area (Å²) in [6.45, 7) is 3.79. The number of carbonyl (C=O) groups excluding carboxylic acids is 1. The minimum Gasteiger partial charge on any atom is -0.454 e. The van der Waals surface area contributed by atoms with Crippen molar-refractivity contribution in [3.05, 3.63) is 81.8 Å². The number of rotatable bonds is 6. The molecule has 7 heteroatoms. The van der Waals surface area contributed by atoms with Crippen molar-refractivity contribution in [1.29, 1.82) is 0 Å². The number of nitrogens with zero attached hydrogens (tertiary/aromatic N) is 1. The van der Waals surface area contributed by atoms with Gasteiger partial charge in [-0.2, -0.15) is 0 Å².